The number of methoxy groups -OCH3 is 1. The predicted octanol–water partition coefficient (Wildman–Crippen LogP) is 3.00. The maximum absolute atomic E-state index is 9.51. The van der Waals surface area contributed by atoms with Gasteiger partial charge in [-0.05, 0) is 24.8 Å². The van der Waals surface area contributed by atoms with Crippen LogP contribution in [-0.2, 0) is 5.41 Å². The van der Waals surface area contributed by atoms with E-state index in [1.165, 1.54) is 4.90 Å². The molecule has 90 valence electrons. The molecule has 0 amide bonds. The number of aryl methyl sites for hydroxylation is 1. The molecule has 3 heteroatoms. The van der Waals surface area contributed by atoms with Crippen LogP contribution >= 0.6 is 11.8 Å². The summed E-state index contributed by atoms with van der Waals surface area (Å²) in [6, 6.07) is 4.15. The van der Waals surface area contributed by atoms with Gasteiger partial charge in [-0.3, -0.25) is 0 Å². The summed E-state index contributed by atoms with van der Waals surface area (Å²) in [7, 11) is 1.68. The van der Waals surface area contributed by atoms with Gasteiger partial charge in [0.2, 0.25) is 0 Å². The van der Waals surface area contributed by atoms with E-state index in [0.717, 1.165) is 16.9 Å². The van der Waals surface area contributed by atoms with Gasteiger partial charge in [0.25, 0.3) is 0 Å². The van der Waals surface area contributed by atoms with Crippen molar-refractivity contribution in [2.75, 3.05) is 20.0 Å². The summed E-state index contributed by atoms with van der Waals surface area (Å²) in [5, 5.41) is 9.51. The van der Waals surface area contributed by atoms with Gasteiger partial charge in [0, 0.05) is 15.9 Å². The number of aliphatic hydroxyl groups excluding tert-OH is 1. The molecule has 1 rings (SSSR count). The summed E-state index contributed by atoms with van der Waals surface area (Å²) in [5.74, 6) is 0.894. The monoisotopic (exact) mass is 240 g/mol. The smallest absolute Gasteiger partial charge is 0.126 e. The Morgan fingerprint density at radius 2 is 2.00 bits per heavy atom. The van der Waals surface area contributed by atoms with Crippen molar-refractivity contribution in [2.45, 2.75) is 31.1 Å². The Balaban J connectivity index is 3.48. The van der Waals surface area contributed by atoms with E-state index in [1.54, 1.807) is 18.9 Å². The molecule has 0 bridgehead atoms. The van der Waals surface area contributed by atoms with Gasteiger partial charge in [-0.15, -0.1) is 11.8 Å². The standard InChI is InChI=1S/C13H20O2S/c1-9-6-7-10(16-5)11(12(9)15-4)13(2,3)8-14/h6-7,14H,8H2,1-5H3. The lowest BCUT2D eigenvalue weighted by Gasteiger charge is -2.28. The minimum Gasteiger partial charge on any atom is -0.496 e. The average Bonchev–Trinajstić information content (AvgIpc) is 2.28. The molecule has 1 aromatic rings. The predicted molar refractivity (Wildman–Crippen MR) is 69.6 cm³/mol. The zero-order valence-electron chi connectivity index (χ0n) is 10.6. The SMILES string of the molecule is COc1c(C)ccc(SC)c1C(C)(C)CO. The maximum atomic E-state index is 9.51. The van der Waals surface area contributed by atoms with Crippen LogP contribution in [-0.4, -0.2) is 25.1 Å². The average molecular weight is 240 g/mol. The number of hydrogen-bond acceptors (Lipinski definition) is 3. The summed E-state index contributed by atoms with van der Waals surface area (Å²) < 4.78 is 5.48. The van der Waals surface area contributed by atoms with E-state index in [0.29, 0.717) is 0 Å². The van der Waals surface area contributed by atoms with Crippen LogP contribution in [0.15, 0.2) is 17.0 Å². The van der Waals surface area contributed by atoms with E-state index >= 15 is 0 Å². The number of ether oxygens (including phenoxy) is 1. The van der Waals surface area contributed by atoms with Crippen molar-refractivity contribution in [3.05, 3.63) is 23.3 Å². The van der Waals surface area contributed by atoms with Crippen molar-refractivity contribution in [1.29, 1.82) is 0 Å². The van der Waals surface area contributed by atoms with E-state index in [1.807, 2.05) is 27.0 Å². The fourth-order valence-electron chi connectivity index (χ4n) is 1.82. The fourth-order valence-corrected chi connectivity index (χ4v) is 2.60. The Morgan fingerprint density at radius 3 is 2.44 bits per heavy atom. The molecule has 0 fully saturated rings. The first-order valence-electron chi connectivity index (χ1n) is 5.31. The van der Waals surface area contributed by atoms with Crippen molar-refractivity contribution in [3.8, 4) is 5.75 Å². The molecule has 0 saturated heterocycles. The highest BCUT2D eigenvalue weighted by Crippen LogP contribution is 2.40. The molecule has 0 aliphatic rings. The molecule has 0 saturated carbocycles. The number of thioether (sulfide) groups is 1. The van der Waals surface area contributed by atoms with Crippen molar-refractivity contribution in [3.63, 3.8) is 0 Å². The van der Waals surface area contributed by atoms with Crippen LogP contribution in [0.2, 0.25) is 0 Å². The molecule has 0 aliphatic heterocycles. The van der Waals surface area contributed by atoms with Crippen molar-refractivity contribution in [2.24, 2.45) is 0 Å². The molecule has 1 aromatic carbocycles. The molecule has 0 aromatic heterocycles. The maximum Gasteiger partial charge on any atom is 0.126 e. The van der Waals surface area contributed by atoms with Gasteiger partial charge < -0.3 is 9.84 Å². The third-order valence-corrected chi connectivity index (χ3v) is 3.59. The van der Waals surface area contributed by atoms with Crippen molar-refractivity contribution in [1.82, 2.24) is 0 Å². The lowest BCUT2D eigenvalue weighted by molar-refractivity contribution is 0.212. The molecule has 0 aliphatic carbocycles. The molecule has 0 atom stereocenters. The highest BCUT2D eigenvalue weighted by molar-refractivity contribution is 7.98. The Bertz CT molecular complexity index is 372. The molecule has 16 heavy (non-hydrogen) atoms. The number of aliphatic hydroxyl groups is 1. The topological polar surface area (TPSA) is 29.5 Å². The van der Waals surface area contributed by atoms with E-state index in [-0.39, 0.29) is 12.0 Å². The van der Waals surface area contributed by atoms with E-state index in [9.17, 15) is 5.11 Å². The van der Waals surface area contributed by atoms with Gasteiger partial charge in [-0.2, -0.15) is 0 Å². The fraction of sp³-hybridized carbons (Fsp3) is 0.538. The first kappa shape index (κ1) is 13.4. The Hall–Kier alpha value is -0.670. The largest absolute Gasteiger partial charge is 0.496 e. The minimum atomic E-state index is -0.282. The molecule has 0 spiro atoms. The summed E-state index contributed by atoms with van der Waals surface area (Å²) in [5.41, 5.74) is 1.93. The van der Waals surface area contributed by atoms with Crippen LogP contribution in [0.25, 0.3) is 0 Å². The number of rotatable bonds is 4. The van der Waals surface area contributed by atoms with Crippen molar-refractivity contribution < 1.29 is 9.84 Å². The third kappa shape index (κ3) is 2.36. The van der Waals surface area contributed by atoms with Crippen molar-refractivity contribution >= 4 is 11.8 Å². The highest BCUT2D eigenvalue weighted by Gasteiger charge is 2.27. The lowest BCUT2D eigenvalue weighted by atomic mass is 9.84. The minimum absolute atomic E-state index is 0.111. The lowest BCUT2D eigenvalue weighted by Crippen LogP contribution is -2.24. The van der Waals surface area contributed by atoms with Gasteiger partial charge >= 0.3 is 0 Å². The van der Waals surface area contributed by atoms with Crippen LogP contribution in [0, 0.1) is 6.92 Å². The van der Waals surface area contributed by atoms with Crippen LogP contribution in [0.4, 0.5) is 0 Å². The number of benzene rings is 1. The van der Waals surface area contributed by atoms with Crippen LogP contribution in [0.1, 0.15) is 25.0 Å². The highest BCUT2D eigenvalue weighted by atomic mass is 32.2. The molecular formula is C13H20O2S. The van der Waals surface area contributed by atoms with Crippen LogP contribution in [0.5, 0.6) is 5.75 Å². The second-order valence-corrected chi connectivity index (χ2v) is 5.38. The normalized spacial score (nSPS) is 11.6. The molecule has 0 heterocycles. The summed E-state index contributed by atoms with van der Waals surface area (Å²) in [4.78, 5) is 1.17. The summed E-state index contributed by atoms with van der Waals surface area (Å²) in [6.45, 7) is 6.20. The summed E-state index contributed by atoms with van der Waals surface area (Å²) in [6.07, 6.45) is 2.04. The quantitative estimate of drug-likeness (QED) is 0.820. The molecule has 0 radical (unpaired) electrons. The Kier molecular flexibility index (Phi) is 4.28. The van der Waals surface area contributed by atoms with Gasteiger partial charge in [0.1, 0.15) is 5.75 Å². The first-order chi connectivity index (χ1) is 7.47. The summed E-state index contributed by atoms with van der Waals surface area (Å²) >= 11 is 1.68. The Morgan fingerprint density at radius 1 is 1.38 bits per heavy atom. The van der Waals surface area contributed by atoms with E-state index in [4.69, 9.17) is 4.74 Å². The zero-order chi connectivity index (χ0) is 12.3. The van der Waals surface area contributed by atoms with Crippen LogP contribution < -0.4 is 4.74 Å². The molecule has 0 unspecified atom stereocenters. The molecule has 1 N–H and O–H groups in total. The first-order valence-corrected chi connectivity index (χ1v) is 6.53. The molecule has 2 nitrogen and oxygen atoms in total. The van der Waals surface area contributed by atoms with Gasteiger partial charge in [0.05, 0.1) is 13.7 Å². The van der Waals surface area contributed by atoms with Gasteiger partial charge in [-0.25, -0.2) is 0 Å². The van der Waals surface area contributed by atoms with E-state index in [2.05, 4.69) is 12.1 Å². The third-order valence-electron chi connectivity index (χ3n) is 2.81. The number of hydrogen-bond donors (Lipinski definition) is 1. The molecular weight excluding hydrogens is 220 g/mol. The van der Waals surface area contributed by atoms with Gasteiger partial charge in [0.15, 0.2) is 0 Å². The second kappa shape index (κ2) is 5.11. The van der Waals surface area contributed by atoms with Gasteiger partial charge in [-0.1, -0.05) is 19.9 Å². The van der Waals surface area contributed by atoms with Crippen LogP contribution in [0.3, 0.4) is 0 Å². The Labute approximate surface area is 102 Å². The van der Waals surface area contributed by atoms with E-state index < -0.39 is 0 Å². The second-order valence-electron chi connectivity index (χ2n) is 4.53. The zero-order valence-corrected chi connectivity index (χ0v) is 11.4.